The Morgan fingerprint density at radius 1 is 0.615 bits per heavy atom. The van der Waals surface area contributed by atoms with Gasteiger partial charge in [0, 0.05) is 42.2 Å². The van der Waals surface area contributed by atoms with Crippen LogP contribution in [0.1, 0.15) is 178 Å². The first-order valence-corrected chi connectivity index (χ1v) is 21.6. The topological polar surface area (TPSA) is 289 Å². The highest BCUT2D eigenvalue weighted by Gasteiger charge is 2.26. The van der Waals surface area contributed by atoms with Crippen LogP contribution in [0.3, 0.4) is 0 Å². The summed E-state index contributed by atoms with van der Waals surface area (Å²) in [5, 5.41) is 35.7. The average Bonchev–Trinajstić information content (AvgIpc) is 3.25. The molecule has 0 amide bonds. The van der Waals surface area contributed by atoms with Crippen molar-refractivity contribution < 1.29 is 87.3 Å². The lowest BCUT2D eigenvalue weighted by Crippen LogP contribution is -2.24. The second kappa shape index (κ2) is 32.8. The quantitative estimate of drug-likeness (QED) is 0.0556. The molecule has 0 saturated carbocycles. The van der Waals surface area contributed by atoms with E-state index in [1.807, 2.05) is 34.6 Å². The van der Waals surface area contributed by atoms with Crippen LogP contribution in [0.15, 0.2) is 24.3 Å². The van der Waals surface area contributed by atoms with Crippen molar-refractivity contribution in [1.29, 1.82) is 0 Å². The number of aromatic carboxylic acids is 4. The van der Waals surface area contributed by atoms with Gasteiger partial charge in [-0.3, -0.25) is 28.8 Å². The average molecular weight is 939 g/mol. The fourth-order valence-electron chi connectivity index (χ4n) is 4.67. The van der Waals surface area contributed by atoms with Gasteiger partial charge in [-0.15, -0.1) is 0 Å². The van der Waals surface area contributed by atoms with E-state index < -0.39 is 58.1 Å². The molecule has 0 aliphatic rings. The number of benzene rings is 2. The van der Waals surface area contributed by atoms with Gasteiger partial charge in [0.15, 0.2) is 23.1 Å². The summed E-state index contributed by atoms with van der Waals surface area (Å²) >= 11 is 1.77. The minimum atomic E-state index is -1.42. The molecule has 0 spiro atoms. The van der Waals surface area contributed by atoms with Gasteiger partial charge in [-0.05, 0) is 91.3 Å². The maximum Gasteiger partial charge on any atom is 0.336 e. The van der Waals surface area contributed by atoms with Crippen LogP contribution in [-0.4, -0.2) is 132 Å². The highest BCUT2D eigenvalue weighted by atomic mass is 32.2. The van der Waals surface area contributed by atoms with Crippen molar-refractivity contribution in [3.05, 3.63) is 68.8 Å². The van der Waals surface area contributed by atoms with Gasteiger partial charge in [-0.1, -0.05) is 34.1 Å². The van der Waals surface area contributed by atoms with Gasteiger partial charge >= 0.3 is 35.8 Å². The van der Waals surface area contributed by atoms with E-state index in [-0.39, 0.29) is 62.8 Å². The zero-order valence-electron chi connectivity index (χ0n) is 39.8. The van der Waals surface area contributed by atoms with E-state index in [1.165, 1.54) is 7.11 Å². The Labute approximate surface area is 384 Å². The lowest BCUT2D eigenvalue weighted by molar-refractivity contribution is -0.151. The second-order valence-electron chi connectivity index (χ2n) is 14.7. The molecule has 2 rings (SSSR count). The number of methoxy groups -OCH3 is 3. The summed E-state index contributed by atoms with van der Waals surface area (Å²) in [7, 11) is 4.81. The molecule has 4 N–H and O–H groups in total. The first-order valence-electron chi connectivity index (χ1n) is 20.2. The van der Waals surface area contributed by atoms with E-state index in [1.54, 1.807) is 26.0 Å². The third kappa shape index (κ3) is 23.6. The summed E-state index contributed by atoms with van der Waals surface area (Å²) in [4.78, 5) is 111. The molecule has 2 aromatic carbocycles. The number of hydrogen-bond acceptors (Lipinski definition) is 15. The molecule has 19 heteroatoms. The molecule has 2 aromatic rings. The molecule has 65 heavy (non-hydrogen) atoms. The Kier molecular flexibility index (Phi) is 32.0. The zero-order chi connectivity index (χ0) is 51.4. The first kappa shape index (κ1) is 63.5. The summed E-state index contributed by atoms with van der Waals surface area (Å²) in [5.74, 6) is -6.99. The third-order valence-corrected chi connectivity index (χ3v) is 9.88. The number of thioether (sulfide) groups is 1. The fraction of sp³-hybridized carbons (Fsp3) is 0.522. The Bertz CT molecular complexity index is 1660. The van der Waals surface area contributed by atoms with Crippen molar-refractivity contribution in [1.82, 2.24) is 0 Å². The molecule has 0 aliphatic carbocycles. The van der Waals surface area contributed by atoms with E-state index in [2.05, 4.69) is 17.9 Å². The van der Waals surface area contributed by atoms with Gasteiger partial charge in [-0.2, -0.15) is 11.8 Å². The second-order valence-corrected chi connectivity index (χ2v) is 15.6. The Morgan fingerprint density at radius 2 is 0.954 bits per heavy atom. The number of carboxylic acids is 4. The maximum atomic E-state index is 11.3. The van der Waals surface area contributed by atoms with E-state index in [9.17, 15) is 47.9 Å². The van der Waals surface area contributed by atoms with Crippen molar-refractivity contribution in [2.24, 2.45) is 11.3 Å². The molecule has 0 aliphatic heterocycles. The lowest BCUT2D eigenvalue weighted by Gasteiger charge is -2.17. The lowest BCUT2D eigenvalue weighted by atomic mass is 9.91. The molecule has 0 heterocycles. The predicted molar refractivity (Wildman–Crippen MR) is 243 cm³/mol. The van der Waals surface area contributed by atoms with Gasteiger partial charge in [0.25, 0.3) is 0 Å². The Balaban J connectivity index is -0.000000767. The maximum absolute atomic E-state index is 11.3. The van der Waals surface area contributed by atoms with Gasteiger partial charge in [0.1, 0.15) is 0 Å². The van der Waals surface area contributed by atoms with Gasteiger partial charge in [-0.25, -0.2) is 19.2 Å². The third-order valence-electron chi connectivity index (χ3n) is 9.17. The van der Waals surface area contributed by atoms with Crippen LogP contribution in [0, 0.1) is 11.3 Å². The van der Waals surface area contributed by atoms with Crippen LogP contribution in [0.25, 0.3) is 0 Å². The van der Waals surface area contributed by atoms with Crippen LogP contribution in [0.5, 0.6) is 0 Å². The molecule has 364 valence electrons. The summed E-state index contributed by atoms with van der Waals surface area (Å²) in [6, 6.07) is 3.69. The Hall–Kier alpha value is -5.79. The first-order chi connectivity index (χ1) is 30.1. The molecule has 0 saturated heterocycles. The van der Waals surface area contributed by atoms with Crippen LogP contribution < -0.4 is 0 Å². The van der Waals surface area contributed by atoms with Crippen LogP contribution in [0.4, 0.5) is 0 Å². The molecular weight excluding hydrogens is 873 g/mol. The van der Waals surface area contributed by atoms with Crippen molar-refractivity contribution in [2.45, 2.75) is 101 Å². The molecule has 0 radical (unpaired) electrons. The number of ketones is 4. The monoisotopic (exact) mass is 938 g/mol. The van der Waals surface area contributed by atoms with Crippen molar-refractivity contribution in [3.63, 3.8) is 0 Å². The van der Waals surface area contributed by atoms with Gasteiger partial charge < -0.3 is 39.4 Å². The van der Waals surface area contributed by atoms with Crippen LogP contribution in [0.2, 0.25) is 0 Å². The molecule has 2 atom stereocenters. The molecule has 18 nitrogen and oxygen atoms in total. The van der Waals surface area contributed by atoms with Crippen molar-refractivity contribution >= 4 is 70.7 Å². The smallest absolute Gasteiger partial charge is 0.336 e. The fourth-order valence-corrected chi connectivity index (χ4v) is 5.28. The zero-order valence-corrected chi connectivity index (χ0v) is 40.6. The molecule has 0 bridgehead atoms. The Morgan fingerprint density at radius 3 is 1.17 bits per heavy atom. The van der Waals surface area contributed by atoms with E-state index in [0.29, 0.717) is 13.2 Å². The van der Waals surface area contributed by atoms with Crippen molar-refractivity contribution in [2.75, 3.05) is 46.6 Å². The van der Waals surface area contributed by atoms with E-state index >= 15 is 0 Å². The van der Waals surface area contributed by atoms with E-state index in [0.717, 1.165) is 83.4 Å². The number of carbonyl (C=O) groups is 10. The number of carbonyl (C=O) groups excluding carboxylic acids is 6. The van der Waals surface area contributed by atoms with Crippen LogP contribution in [-0.2, 0) is 28.5 Å². The van der Waals surface area contributed by atoms with Crippen LogP contribution >= 0.6 is 11.8 Å². The molecule has 0 fully saturated rings. The summed E-state index contributed by atoms with van der Waals surface area (Å²) in [5.41, 5.74) is -2.75. The number of hydrogen-bond donors (Lipinski definition) is 4. The number of unbranched alkanes of at least 4 members (excludes halogenated alkanes) is 1. The number of Topliss-reactive ketones (excluding diaryl/α,β-unsaturated/α-hetero) is 4. The number of rotatable bonds is 20. The van der Waals surface area contributed by atoms with Gasteiger partial charge in [0.05, 0.1) is 60.0 Å². The standard InChI is InChI=1S/2C12H10O6.C9H18O2.C7H14O2.C6H14O2S/c1-5(13)7-3-10(12(17)18)8(6(2)14)4-9(7)11(15)16;1-5(13)7-3-8(6(2)14)10(12(17)18)4-9(7)11(15)16;1-4-6-7-11-9(10)8(3)5-2;1-5-7(2,3)6(8)9-4;1-7-4-6(8-2)5-9-3/h2*3-4H,1-2H3,(H,15,16)(H,17,18);8H,4-7H2,1-3H3;5H2,1-4H3;6H,4-5H2,1-3H3. The minimum absolute atomic E-state index is 0.0547. The summed E-state index contributed by atoms with van der Waals surface area (Å²) in [6.45, 7) is 17.5. The SMILES string of the molecule is CC(=O)c1cc(C(=O)O)c(C(C)=O)cc1C(=O)O.CC(=O)c1cc(C(C)=O)c(C(=O)O)cc1C(=O)O.CCC(C)(C)C(=O)OC.CCCCOC(=O)C(C)CC.COCC(CSC)OC. The number of carboxylic acid groups (broad SMARTS) is 4. The van der Waals surface area contributed by atoms with Crippen molar-refractivity contribution in [3.8, 4) is 0 Å². The summed E-state index contributed by atoms with van der Waals surface area (Å²) in [6.07, 6.45) is 6.05. The summed E-state index contributed by atoms with van der Waals surface area (Å²) < 4.78 is 19.6. The normalized spacial score (nSPS) is 11.0. The predicted octanol–water partition coefficient (Wildman–Crippen LogP) is 7.96. The highest BCUT2D eigenvalue weighted by molar-refractivity contribution is 7.98. The van der Waals surface area contributed by atoms with Gasteiger partial charge in [0.2, 0.25) is 0 Å². The largest absolute Gasteiger partial charge is 0.478 e. The minimum Gasteiger partial charge on any atom is -0.478 e. The molecular formula is C46H66O18S. The molecule has 0 aromatic heterocycles. The number of esters is 2. The highest BCUT2D eigenvalue weighted by Crippen LogP contribution is 2.22. The number of ether oxygens (including phenoxy) is 4. The molecule has 2 unspecified atom stereocenters. The van der Waals surface area contributed by atoms with E-state index in [4.69, 9.17) is 34.6 Å².